The van der Waals surface area contributed by atoms with E-state index in [1.54, 1.807) is 42.6 Å². The average Bonchev–Trinajstić information content (AvgIpc) is 3.03. The van der Waals surface area contributed by atoms with Crippen molar-refractivity contribution < 1.29 is 12.8 Å². The van der Waals surface area contributed by atoms with Gasteiger partial charge < -0.3 is 0 Å². The summed E-state index contributed by atoms with van der Waals surface area (Å²) in [5.41, 5.74) is 2.09. The molecule has 4 aromatic rings. The van der Waals surface area contributed by atoms with Gasteiger partial charge in [0, 0.05) is 17.1 Å². The summed E-state index contributed by atoms with van der Waals surface area (Å²) in [5, 5.41) is 0.746. The maximum atomic E-state index is 13.4. The summed E-state index contributed by atoms with van der Waals surface area (Å²) in [7, 11) is -3.73. The van der Waals surface area contributed by atoms with E-state index in [1.165, 1.54) is 12.1 Å². The summed E-state index contributed by atoms with van der Waals surface area (Å²) < 4.78 is 40.2. The van der Waals surface area contributed by atoms with E-state index >= 15 is 0 Å². The molecule has 130 valence electrons. The van der Waals surface area contributed by atoms with Crippen molar-refractivity contribution in [2.75, 3.05) is 0 Å². The Balaban J connectivity index is 2.04. The zero-order valence-electron chi connectivity index (χ0n) is 13.8. The summed E-state index contributed by atoms with van der Waals surface area (Å²) in [6.07, 6.45) is 1.64. The highest BCUT2D eigenvalue weighted by Gasteiger charge is 2.27. The van der Waals surface area contributed by atoms with Crippen LogP contribution in [0.1, 0.15) is 5.56 Å². The highest BCUT2D eigenvalue weighted by Crippen LogP contribution is 2.42. The minimum absolute atomic E-state index is 0.225. The molecule has 2 aromatic heterocycles. The van der Waals surface area contributed by atoms with Crippen molar-refractivity contribution in [3.8, 4) is 11.1 Å². The zero-order chi connectivity index (χ0) is 18.3. The monoisotopic (exact) mass is 383 g/mol. The molecular formula is C20H14FNO2S2. The van der Waals surface area contributed by atoms with Gasteiger partial charge in [-0.3, -0.25) is 0 Å². The fraction of sp³-hybridized carbons (Fsp3) is 0.0500. The van der Waals surface area contributed by atoms with Crippen LogP contribution in [0.25, 0.3) is 21.3 Å². The molecule has 0 aliphatic heterocycles. The number of nitrogens with zero attached hydrogens (tertiary/aromatic N) is 1. The minimum atomic E-state index is -3.73. The van der Waals surface area contributed by atoms with Gasteiger partial charge in [-0.15, -0.1) is 11.3 Å². The maximum Gasteiger partial charge on any atom is 0.216 e. The first-order chi connectivity index (χ1) is 12.5. The zero-order valence-corrected chi connectivity index (χ0v) is 15.4. The SMILES string of the molecule is Cc1cccc(S(=O)(=O)c2sc3ncccc3c2-c2ccc(F)cc2)c1. The molecule has 0 aliphatic carbocycles. The van der Waals surface area contributed by atoms with Gasteiger partial charge in [-0.25, -0.2) is 17.8 Å². The molecule has 2 aromatic carbocycles. The summed E-state index contributed by atoms with van der Waals surface area (Å²) in [5.74, 6) is -0.366. The van der Waals surface area contributed by atoms with E-state index in [9.17, 15) is 12.8 Å². The van der Waals surface area contributed by atoms with E-state index in [1.807, 2.05) is 19.1 Å². The van der Waals surface area contributed by atoms with E-state index in [-0.39, 0.29) is 14.9 Å². The molecule has 0 unspecified atom stereocenters. The Labute approximate surface area is 154 Å². The normalized spacial score (nSPS) is 11.8. The molecule has 0 spiro atoms. The third-order valence-corrected chi connectivity index (χ3v) is 7.49. The Morgan fingerprint density at radius 3 is 2.50 bits per heavy atom. The number of hydrogen-bond donors (Lipinski definition) is 0. The molecule has 0 bridgehead atoms. The molecule has 0 saturated heterocycles. The van der Waals surface area contributed by atoms with Crippen LogP contribution in [0.4, 0.5) is 4.39 Å². The minimum Gasteiger partial charge on any atom is -0.245 e. The largest absolute Gasteiger partial charge is 0.245 e. The number of thiophene rings is 1. The number of sulfone groups is 1. The summed E-state index contributed by atoms with van der Waals surface area (Å²) in [4.78, 5) is 5.19. The predicted octanol–water partition coefficient (Wildman–Crippen LogP) is 5.24. The number of fused-ring (bicyclic) bond motifs is 1. The number of hydrogen-bond acceptors (Lipinski definition) is 4. The van der Waals surface area contributed by atoms with Crippen molar-refractivity contribution >= 4 is 31.4 Å². The van der Waals surface area contributed by atoms with Crippen LogP contribution in [0.3, 0.4) is 0 Å². The predicted molar refractivity (Wildman–Crippen MR) is 102 cm³/mol. The second kappa shape index (κ2) is 6.30. The summed E-state index contributed by atoms with van der Waals surface area (Å²) in [6, 6.07) is 16.3. The van der Waals surface area contributed by atoms with E-state index in [0.29, 0.717) is 16.0 Å². The molecule has 26 heavy (non-hydrogen) atoms. The molecular weight excluding hydrogens is 369 g/mol. The Kier molecular flexibility index (Phi) is 4.09. The van der Waals surface area contributed by atoms with Crippen molar-refractivity contribution in [2.24, 2.45) is 0 Å². The lowest BCUT2D eigenvalue weighted by atomic mass is 10.1. The van der Waals surface area contributed by atoms with Crippen LogP contribution in [-0.2, 0) is 9.84 Å². The van der Waals surface area contributed by atoms with Gasteiger partial charge >= 0.3 is 0 Å². The van der Waals surface area contributed by atoms with Gasteiger partial charge in [0.25, 0.3) is 0 Å². The smallest absolute Gasteiger partial charge is 0.216 e. The third-order valence-electron chi connectivity index (χ3n) is 4.11. The van der Waals surface area contributed by atoms with Crippen molar-refractivity contribution in [2.45, 2.75) is 16.0 Å². The van der Waals surface area contributed by atoms with Gasteiger partial charge in [0.15, 0.2) is 0 Å². The average molecular weight is 383 g/mol. The van der Waals surface area contributed by atoms with Crippen LogP contribution >= 0.6 is 11.3 Å². The van der Waals surface area contributed by atoms with Crippen molar-refractivity contribution in [3.05, 3.63) is 78.2 Å². The topological polar surface area (TPSA) is 47.0 Å². The Morgan fingerprint density at radius 2 is 1.77 bits per heavy atom. The Bertz CT molecular complexity index is 1210. The van der Waals surface area contributed by atoms with Gasteiger partial charge in [0.05, 0.1) is 4.90 Å². The van der Waals surface area contributed by atoms with Gasteiger partial charge in [-0.1, -0.05) is 24.3 Å². The van der Waals surface area contributed by atoms with Crippen LogP contribution < -0.4 is 0 Å². The molecule has 0 amide bonds. The Morgan fingerprint density at radius 1 is 1.00 bits per heavy atom. The van der Waals surface area contributed by atoms with E-state index in [0.717, 1.165) is 22.3 Å². The quantitative estimate of drug-likeness (QED) is 0.486. The fourth-order valence-electron chi connectivity index (χ4n) is 2.88. The van der Waals surface area contributed by atoms with Crippen molar-refractivity contribution in [3.63, 3.8) is 0 Å². The number of aryl methyl sites for hydroxylation is 1. The number of aromatic nitrogens is 1. The highest BCUT2D eigenvalue weighted by molar-refractivity contribution is 7.93. The highest BCUT2D eigenvalue weighted by atomic mass is 32.2. The van der Waals surface area contributed by atoms with Gasteiger partial charge in [-0.05, 0) is 54.4 Å². The van der Waals surface area contributed by atoms with E-state index in [4.69, 9.17) is 0 Å². The van der Waals surface area contributed by atoms with E-state index < -0.39 is 9.84 Å². The molecule has 0 N–H and O–H groups in total. The first kappa shape index (κ1) is 16.9. The third kappa shape index (κ3) is 2.81. The van der Waals surface area contributed by atoms with Crippen LogP contribution in [0.5, 0.6) is 0 Å². The maximum absolute atomic E-state index is 13.4. The lowest BCUT2D eigenvalue weighted by Crippen LogP contribution is -2.01. The van der Waals surface area contributed by atoms with Crippen LogP contribution in [0, 0.1) is 12.7 Å². The molecule has 0 saturated carbocycles. The summed E-state index contributed by atoms with van der Waals surface area (Å²) >= 11 is 1.14. The molecule has 0 atom stereocenters. The molecule has 0 radical (unpaired) electrons. The van der Waals surface area contributed by atoms with Crippen molar-refractivity contribution in [1.29, 1.82) is 0 Å². The molecule has 6 heteroatoms. The van der Waals surface area contributed by atoms with Gasteiger partial charge in [0.1, 0.15) is 14.9 Å². The molecule has 0 aliphatic rings. The lowest BCUT2D eigenvalue weighted by Gasteiger charge is -2.08. The first-order valence-electron chi connectivity index (χ1n) is 7.92. The van der Waals surface area contributed by atoms with Crippen LogP contribution in [0.15, 0.2) is 76.0 Å². The molecule has 3 nitrogen and oxygen atoms in total. The number of rotatable bonds is 3. The second-order valence-corrected chi connectivity index (χ2v) is 9.09. The molecule has 2 heterocycles. The van der Waals surface area contributed by atoms with Gasteiger partial charge in [-0.2, -0.15) is 0 Å². The number of halogens is 1. The Hall–Kier alpha value is -2.57. The second-order valence-electron chi connectivity index (χ2n) is 5.95. The van der Waals surface area contributed by atoms with Crippen LogP contribution in [0.2, 0.25) is 0 Å². The molecule has 0 fully saturated rings. The van der Waals surface area contributed by atoms with Crippen LogP contribution in [-0.4, -0.2) is 13.4 Å². The standard InChI is InChI=1S/C20H14FNO2S2/c1-13-4-2-5-16(12-13)26(23,24)20-18(14-7-9-15(21)10-8-14)17-6-3-11-22-19(17)25-20/h2-12H,1H3. The first-order valence-corrected chi connectivity index (χ1v) is 10.2. The van der Waals surface area contributed by atoms with Gasteiger partial charge in [0.2, 0.25) is 9.84 Å². The lowest BCUT2D eigenvalue weighted by molar-refractivity contribution is 0.598. The van der Waals surface area contributed by atoms with Crippen molar-refractivity contribution in [1.82, 2.24) is 4.98 Å². The fourth-order valence-corrected chi connectivity index (χ4v) is 6.05. The number of benzene rings is 2. The molecule has 4 rings (SSSR count). The summed E-state index contributed by atoms with van der Waals surface area (Å²) in [6.45, 7) is 1.85. The number of pyridine rings is 1. The van der Waals surface area contributed by atoms with E-state index in [2.05, 4.69) is 4.98 Å².